The van der Waals surface area contributed by atoms with Crippen molar-refractivity contribution in [2.24, 2.45) is 10.7 Å². The summed E-state index contributed by atoms with van der Waals surface area (Å²) in [7, 11) is 0. The number of hydrogen-bond donors (Lipinski definition) is 2. The lowest BCUT2D eigenvalue weighted by Gasteiger charge is -2.28. The highest BCUT2D eigenvalue weighted by Crippen LogP contribution is 2.37. The lowest BCUT2D eigenvalue weighted by molar-refractivity contribution is 0.482. The molecule has 0 saturated heterocycles. The van der Waals surface area contributed by atoms with Crippen molar-refractivity contribution in [3.05, 3.63) is 35.9 Å². The van der Waals surface area contributed by atoms with Crippen LogP contribution in [0, 0.1) is 0 Å². The second-order valence-electron chi connectivity index (χ2n) is 4.22. The minimum Gasteiger partial charge on any atom is -0.432 e. The molecule has 0 saturated carbocycles. The monoisotopic (exact) mass is 274 g/mol. The number of aliphatic imine (C=N–C) groups is 1. The molecule has 1 aromatic carbocycles. The van der Waals surface area contributed by atoms with Crippen LogP contribution in [0.4, 0.5) is 17.3 Å². The van der Waals surface area contributed by atoms with Crippen molar-refractivity contribution in [1.82, 2.24) is 0 Å². The number of nitrogens with zero attached hydrogens (tertiary/aromatic N) is 2. The Morgan fingerprint density at radius 2 is 2.05 bits per heavy atom. The predicted octanol–water partition coefficient (Wildman–Crippen LogP) is 2.72. The maximum atomic E-state index is 6.26. The molecule has 98 valence electrons. The number of hydrogen-bond acceptors (Lipinski definition) is 6. The Bertz CT molecular complexity index is 620. The number of nitrogens with two attached hydrogens (primary N) is 2. The zero-order valence-corrected chi connectivity index (χ0v) is 11.2. The standard InChI is InChI=1S/C13H14N4OS/c1-19-11-6-10-12(15)17(7-16-13(10)18-11)9-4-2-8(14)3-5-9/h2-7,12H,14-15H2,1H3. The lowest BCUT2D eigenvalue weighted by atomic mass is 10.2. The second-order valence-corrected chi connectivity index (χ2v) is 5.03. The van der Waals surface area contributed by atoms with E-state index in [-0.39, 0.29) is 6.17 Å². The van der Waals surface area contributed by atoms with E-state index in [0.717, 1.165) is 22.0 Å². The molecular weight excluding hydrogens is 260 g/mol. The van der Waals surface area contributed by atoms with Gasteiger partial charge in [0.25, 0.3) is 0 Å². The number of rotatable bonds is 2. The maximum absolute atomic E-state index is 6.26. The van der Waals surface area contributed by atoms with Crippen molar-refractivity contribution in [3.63, 3.8) is 0 Å². The fraction of sp³-hybridized carbons (Fsp3) is 0.154. The number of nitrogen functional groups attached to an aromatic ring is 1. The van der Waals surface area contributed by atoms with Gasteiger partial charge in [-0.15, -0.1) is 0 Å². The molecule has 0 fully saturated rings. The van der Waals surface area contributed by atoms with E-state index < -0.39 is 0 Å². The highest BCUT2D eigenvalue weighted by Gasteiger charge is 2.25. The Kier molecular flexibility index (Phi) is 2.96. The first-order valence-electron chi connectivity index (χ1n) is 5.80. The summed E-state index contributed by atoms with van der Waals surface area (Å²) < 4.78 is 5.57. The molecule has 0 spiro atoms. The molecule has 5 nitrogen and oxygen atoms in total. The average molecular weight is 274 g/mol. The van der Waals surface area contributed by atoms with Gasteiger partial charge >= 0.3 is 0 Å². The van der Waals surface area contributed by atoms with Crippen LogP contribution >= 0.6 is 11.8 Å². The van der Waals surface area contributed by atoms with Crippen LogP contribution in [0.15, 0.2) is 44.8 Å². The summed E-state index contributed by atoms with van der Waals surface area (Å²) in [6.45, 7) is 0. The third-order valence-electron chi connectivity index (χ3n) is 3.03. The zero-order valence-electron chi connectivity index (χ0n) is 10.4. The second kappa shape index (κ2) is 4.64. The van der Waals surface area contributed by atoms with Crippen LogP contribution in [0.25, 0.3) is 0 Å². The first-order chi connectivity index (χ1) is 9.19. The van der Waals surface area contributed by atoms with Crippen molar-refractivity contribution in [1.29, 1.82) is 0 Å². The molecule has 19 heavy (non-hydrogen) atoms. The third-order valence-corrected chi connectivity index (χ3v) is 3.63. The first kappa shape index (κ1) is 12.1. The van der Waals surface area contributed by atoms with Gasteiger partial charge in [-0.05, 0) is 36.6 Å². The molecule has 4 N–H and O–H groups in total. The van der Waals surface area contributed by atoms with Crippen LogP contribution in [0.1, 0.15) is 11.7 Å². The van der Waals surface area contributed by atoms with E-state index in [9.17, 15) is 0 Å². The summed E-state index contributed by atoms with van der Waals surface area (Å²) in [6.07, 6.45) is 3.34. The van der Waals surface area contributed by atoms with Crippen molar-refractivity contribution < 1.29 is 4.42 Å². The molecule has 6 heteroatoms. The first-order valence-corrected chi connectivity index (χ1v) is 7.03. The van der Waals surface area contributed by atoms with Crippen LogP contribution in [0.2, 0.25) is 0 Å². The molecular formula is C13H14N4OS. The van der Waals surface area contributed by atoms with E-state index in [4.69, 9.17) is 15.9 Å². The highest BCUT2D eigenvalue weighted by atomic mass is 32.2. The van der Waals surface area contributed by atoms with Crippen LogP contribution in [-0.2, 0) is 0 Å². The topological polar surface area (TPSA) is 80.8 Å². The van der Waals surface area contributed by atoms with Crippen LogP contribution < -0.4 is 16.4 Å². The van der Waals surface area contributed by atoms with E-state index in [2.05, 4.69) is 4.99 Å². The minimum atomic E-state index is -0.305. The molecule has 3 rings (SSSR count). The Morgan fingerprint density at radius 1 is 1.32 bits per heavy atom. The summed E-state index contributed by atoms with van der Waals surface area (Å²) in [6, 6.07) is 9.46. The Morgan fingerprint density at radius 3 is 2.74 bits per heavy atom. The van der Waals surface area contributed by atoms with Gasteiger partial charge in [-0.1, -0.05) is 11.8 Å². The predicted molar refractivity (Wildman–Crippen MR) is 78.9 cm³/mol. The number of anilines is 2. The summed E-state index contributed by atoms with van der Waals surface area (Å²) in [5, 5.41) is 0.816. The van der Waals surface area contributed by atoms with Gasteiger partial charge in [0.1, 0.15) is 12.5 Å². The zero-order chi connectivity index (χ0) is 13.4. The molecule has 1 aromatic heterocycles. The molecule has 1 aliphatic rings. The molecule has 0 bridgehead atoms. The summed E-state index contributed by atoms with van der Waals surface area (Å²) in [4.78, 5) is 6.19. The van der Waals surface area contributed by atoms with Crippen LogP contribution in [-0.4, -0.2) is 12.6 Å². The fourth-order valence-electron chi connectivity index (χ4n) is 2.00. The Labute approximate surface area is 115 Å². The number of furan rings is 1. The molecule has 1 unspecified atom stereocenters. The number of benzene rings is 1. The van der Waals surface area contributed by atoms with Crippen molar-refractivity contribution in [2.75, 3.05) is 16.9 Å². The van der Waals surface area contributed by atoms with E-state index in [1.54, 1.807) is 6.34 Å². The Hall–Kier alpha value is -1.92. The average Bonchev–Trinajstić information content (AvgIpc) is 2.85. The van der Waals surface area contributed by atoms with Crippen molar-refractivity contribution >= 4 is 35.4 Å². The Balaban J connectivity index is 1.96. The fourth-order valence-corrected chi connectivity index (χ4v) is 2.40. The molecule has 1 aliphatic heterocycles. The molecule has 2 heterocycles. The normalized spacial score (nSPS) is 17.6. The highest BCUT2D eigenvalue weighted by molar-refractivity contribution is 7.98. The van der Waals surface area contributed by atoms with Gasteiger partial charge in [0.05, 0.1) is 5.56 Å². The molecule has 0 radical (unpaired) electrons. The maximum Gasteiger partial charge on any atom is 0.228 e. The van der Waals surface area contributed by atoms with E-state index in [1.165, 1.54) is 11.8 Å². The SMILES string of the molecule is CSc1cc2c(o1)N=CN(c1ccc(N)cc1)C2N. The van der Waals surface area contributed by atoms with Gasteiger partial charge in [0.2, 0.25) is 5.88 Å². The lowest BCUT2D eigenvalue weighted by Crippen LogP contribution is -2.35. The van der Waals surface area contributed by atoms with E-state index in [1.807, 2.05) is 41.5 Å². The van der Waals surface area contributed by atoms with Gasteiger partial charge < -0.3 is 20.8 Å². The van der Waals surface area contributed by atoms with E-state index in [0.29, 0.717) is 5.88 Å². The summed E-state index contributed by atoms with van der Waals surface area (Å²) >= 11 is 1.53. The summed E-state index contributed by atoms with van der Waals surface area (Å²) in [5.74, 6) is 0.587. The smallest absolute Gasteiger partial charge is 0.228 e. The quantitative estimate of drug-likeness (QED) is 0.650. The third kappa shape index (κ3) is 2.09. The van der Waals surface area contributed by atoms with Gasteiger partial charge in [-0.2, -0.15) is 0 Å². The van der Waals surface area contributed by atoms with Gasteiger partial charge in [0.15, 0.2) is 5.09 Å². The van der Waals surface area contributed by atoms with Gasteiger partial charge in [0, 0.05) is 11.4 Å². The molecule has 0 aliphatic carbocycles. The molecule has 2 aromatic rings. The number of fused-ring (bicyclic) bond motifs is 1. The molecule has 1 atom stereocenters. The van der Waals surface area contributed by atoms with Crippen LogP contribution in [0.3, 0.4) is 0 Å². The minimum absolute atomic E-state index is 0.305. The van der Waals surface area contributed by atoms with Crippen LogP contribution in [0.5, 0.6) is 0 Å². The molecule has 0 amide bonds. The van der Waals surface area contributed by atoms with E-state index >= 15 is 0 Å². The van der Waals surface area contributed by atoms with Crippen molar-refractivity contribution in [2.45, 2.75) is 11.3 Å². The summed E-state index contributed by atoms with van der Waals surface area (Å²) in [5.41, 5.74) is 14.5. The van der Waals surface area contributed by atoms with Crippen molar-refractivity contribution in [3.8, 4) is 0 Å². The van der Waals surface area contributed by atoms with Gasteiger partial charge in [-0.3, -0.25) is 0 Å². The number of thioether (sulfide) groups is 1. The largest absolute Gasteiger partial charge is 0.432 e. The van der Waals surface area contributed by atoms with Gasteiger partial charge in [-0.25, -0.2) is 4.99 Å².